The average molecular weight is 284 g/mol. The van der Waals surface area contributed by atoms with Gasteiger partial charge >= 0.3 is 5.69 Å². The fraction of sp³-hybridized carbons (Fsp3) is 0. The highest BCUT2D eigenvalue weighted by Gasteiger charge is 1.95. The molecule has 0 aromatic carbocycles. The van der Waals surface area contributed by atoms with Gasteiger partial charge in [0.15, 0.2) is 10.5 Å². The van der Waals surface area contributed by atoms with E-state index in [1.165, 1.54) is 12.4 Å². The molecule has 0 bridgehead atoms. The van der Waals surface area contributed by atoms with Crippen LogP contribution in [0.3, 0.4) is 0 Å². The Morgan fingerprint density at radius 1 is 1.56 bits per heavy atom. The van der Waals surface area contributed by atoms with Crippen LogP contribution in [0.1, 0.15) is 5.76 Å². The Hall–Kier alpha value is -1.96. The summed E-state index contributed by atoms with van der Waals surface area (Å²) in [5, 5.41) is 9.52. The van der Waals surface area contributed by atoms with Crippen LogP contribution in [0, 0.1) is 0 Å². The van der Waals surface area contributed by atoms with E-state index in [9.17, 15) is 4.79 Å². The number of nitrogens with zero attached hydrogens (tertiary/aromatic N) is 3. The van der Waals surface area contributed by atoms with Crippen LogP contribution in [0.5, 0.6) is 0 Å². The number of hydrogen-bond donors (Lipinski definition) is 2. The van der Waals surface area contributed by atoms with E-state index in [2.05, 4.69) is 41.6 Å². The highest BCUT2D eigenvalue weighted by Crippen LogP contribution is 2.12. The first kappa shape index (κ1) is 10.6. The van der Waals surface area contributed by atoms with Crippen LogP contribution in [0.4, 0.5) is 5.82 Å². The first-order valence-electron chi connectivity index (χ1n) is 4.20. The van der Waals surface area contributed by atoms with Gasteiger partial charge in [-0.1, -0.05) is 0 Å². The molecule has 0 atom stereocenters. The molecule has 7 nitrogen and oxygen atoms in total. The van der Waals surface area contributed by atoms with Gasteiger partial charge in [-0.15, -0.1) is 0 Å². The topological polar surface area (TPSA) is 96.2 Å². The minimum absolute atomic E-state index is 0.255. The maximum Gasteiger partial charge on any atom is 0.363 e. The second-order valence-corrected chi connectivity index (χ2v) is 3.47. The predicted molar refractivity (Wildman–Crippen MR) is 60.3 cm³/mol. The van der Waals surface area contributed by atoms with Crippen LogP contribution in [0.25, 0.3) is 0 Å². The number of hydrazone groups is 1. The highest BCUT2D eigenvalue weighted by atomic mass is 79.9. The molecular formula is C8H6BrN5O2. The van der Waals surface area contributed by atoms with E-state index in [1.807, 2.05) is 0 Å². The van der Waals surface area contributed by atoms with Crippen molar-refractivity contribution in [1.82, 2.24) is 15.2 Å². The largest absolute Gasteiger partial charge is 0.448 e. The van der Waals surface area contributed by atoms with Gasteiger partial charge in [0.2, 0.25) is 0 Å². The first-order chi connectivity index (χ1) is 7.74. The molecule has 0 aliphatic heterocycles. The van der Waals surface area contributed by atoms with Gasteiger partial charge in [-0.25, -0.2) is 9.89 Å². The van der Waals surface area contributed by atoms with Crippen LogP contribution < -0.4 is 11.1 Å². The fourth-order valence-corrected chi connectivity index (χ4v) is 1.24. The number of aromatic nitrogens is 3. The molecule has 0 amide bonds. The second kappa shape index (κ2) is 4.71. The number of furan rings is 1. The van der Waals surface area contributed by atoms with Crippen molar-refractivity contribution in [1.29, 1.82) is 0 Å². The lowest BCUT2D eigenvalue weighted by molar-refractivity contribution is 0.534. The molecule has 0 aliphatic carbocycles. The van der Waals surface area contributed by atoms with E-state index in [1.54, 1.807) is 12.1 Å². The van der Waals surface area contributed by atoms with Crippen LogP contribution >= 0.6 is 15.9 Å². The molecule has 0 saturated heterocycles. The molecule has 0 unspecified atom stereocenters. The van der Waals surface area contributed by atoms with Crippen molar-refractivity contribution < 1.29 is 4.42 Å². The molecule has 0 aliphatic rings. The summed E-state index contributed by atoms with van der Waals surface area (Å²) in [5.74, 6) is 0.822. The van der Waals surface area contributed by atoms with E-state index in [0.717, 1.165) is 0 Å². The van der Waals surface area contributed by atoms with Crippen LogP contribution in [-0.4, -0.2) is 21.4 Å². The summed E-state index contributed by atoms with van der Waals surface area (Å²) in [5.41, 5.74) is 2.00. The third-order valence-corrected chi connectivity index (χ3v) is 1.96. The predicted octanol–water partition coefficient (Wildman–Crippen LogP) is 0.966. The Kier molecular flexibility index (Phi) is 3.10. The maximum atomic E-state index is 10.8. The summed E-state index contributed by atoms with van der Waals surface area (Å²) in [7, 11) is 0. The van der Waals surface area contributed by atoms with Crippen molar-refractivity contribution in [2.24, 2.45) is 5.10 Å². The minimum Gasteiger partial charge on any atom is -0.448 e. The molecule has 2 heterocycles. The Balaban J connectivity index is 2.02. The van der Waals surface area contributed by atoms with Gasteiger partial charge in [0.1, 0.15) is 5.76 Å². The summed E-state index contributed by atoms with van der Waals surface area (Å²) in [6.45, 7) is 0. The summed E-state index contributed by atoms with van der Waals surface area (Å²) in [6, 6.07) is 3.48. The molecule has 16 heavy (non-hydrogen) atoms. The molecular weight excluding hydrogens is 278 g/mol. The molecule has 8 heteroatoms. The van der Waals surface area contributed by atoms with Gasteiger partial charge in [-0.2, -0.15) is 15.2 Å². The van der Waals surface area contributed by atoms with Gasteiger partial charge in [0.05, 0.1) is 12.4 Å². The number of aromatic amines is 1. The number of hydrogen-bond acceptors (Lipinski definition) is 6. The van der Waals surface area contributed by atoms with Crippen molar-refractivity contribution in [3.05, 3.63) is 39.2 Å². The summed E-state index contributed by atoms with van der Waals surface area (Å²) < 4.78 is 5.78. The van der Waals surface area contributed by atoms with E-state index in [-0.39, 0.29) is 5.82 Å². The molecule has 0 spiro atoms. The lowest BCUT2D eigenvalue weighted by atomic mass is 10.5. The molecule has 2 aromatic heterocycles. The van der Waals surface area contributed by atoms with Crippen LogP contribution in [-0.2, 0) is 0 Å². The third kappa shape index (κ3) is 2.76. The van der Waals surface area contributed by atoms with E-state index < -0.39 is 5.69 Å². The summed E-state index contributed by atoms with van der Waals surface area (Å²) in [6.07, 6.45) is 2.80. The Morgan fingerprint density at radius 2 is 2.44 bits per heavy atom. The van der Waals surface area contributed by atoms with E-state index in [4.69, 9.17) is 4.42 Å². The molecule has 82 valence electrons. The van der Waals surface area contributed by atoms with Gasteiger partial charge in [-0.05, 0) is 28.1 Å². The SMILES string of the molecule is O=c1nc(N/N=C/c2ccc(Br)o2)cn[nH]1. The molecule has 2 rings (SSSR count). The van der Waals surface area contributed by atoms with Crippen LogP contribution in [0.15, 0.2) is 37.3 Å². The zero-order chi connectivity index (χ0) is 11.4. The number of nitrogens with one attached hydrogen (secondary N) is 2. The number of anilines is 1. The van der Waals surface area contributed by atoms with Gasteiger partial charge in [-0.3, -0.25) is 5.43 Å². The molecule has 0 saturated carbocycles. The monoisotopic (exact) mass is 283 g/mol. The molecule has 0 fully saturated rings. The highest BCUT2D eigenvalue weighted by molar-refractivity contribution is 9.10. The van der Waals surface area contributed by atoms with Crippen molar-refractivity contribution >= 4 is 28.0 Å². The smallest absolute Gasteiger partial charge is 0.363 e. The Bertz CT molecular complexity index is 561. The van der Waals surface area contributed by atoms with Gasteiger partial charge in [0.25, 0.3) is 0 Å². The summed E-state index contributed by atoms with van der Waals surface area (Å²) >= 11 is 3.16. The standard InChI is InChI=1S/C8H6BrN5O2/c9-6-2-1-5(16-6)3-10-13-7-4-11-14-8(15)12-7/h1-4H,(H2,12,13,14,15)/b10-3+. The maximum absolute atomic E-state index is 10.8. The number of halogens is 1. The molecule has 2 aromatic rings. The quantitative estimate of drug-likeness (QED) is 0.646. The lowest BCUT2D eigenvalue weighted by Crippen LogP contribution is -2.13. The van der Waals surface area contributed by atoms with Crippen molar-refractivity contribution in [3.8, 4) is 0 Å². The zero-order valence-corrected chi connectivity index (χ0v) is 9.43. The van der Waals surface area contributed by atoms with Gasteiger partial charge < -0.3 is 4.42 Å². The lowest BCUT2D eigenvalue weighted by Gasteiger charge is -1.94. The normalized spacial score (nSPS) is 10.8. The van der Waals surface area contributed by atoms with Crippen molar-refractivity contribution in [3.63, 3.8) is 0 Å². The minimum atomic E-state index is -0.541. The second-order valence-electron chi connectivity index (χ2n) is 2.68. The fourth-order valence-electron chi connectivity index (χ4n) is 0.925. The van der Waals surface area contributed by atoms with Gasteiger partial charge in [0, 0.05) is 0 Å². The zero-order valence-electron chi connectivity index (χ0n) is 7.85. The number of rotatable bonds is 3. The van der Waals surface area contributed by atoms with Crippen molar-refractivity contribution in [2.45, 2.75) is 0 Å². The first-order valence-corrected chi connectivity index (χ1v) is 4.99. The molecule has 0 radical (unpaired) electrons. The summed E-state index contributed by atoms with van der Waals surface area (Å²) in [4.78, 5) is 14.4. The third-order valence-electron chi connectivity index (χ3n) is 1.53. The Morgan fingerprint density at radius 3 is 3.12 bits per heavy atom. The van der Waals surface area contributed by atoms with Crippen LogP contribution in [0.2, 0.25) is 0 Å². The Labute approximate surface area is 97.7 Å². The van der Waals surface area contributed by atoms with E-state index in [0.29, 0.717) is 10.4 Å². The molecule has 2 N–H and O–H groups in total. The van der Waals surface area contributed by atoms with Crippen molar-refractivity contribution in [2.75, 3.05) is 5.43 Å². The average Bonchev–Trinajstić information content (AvgIpc) is 2.64. The number of H-pyrrole nitrogens is 1. The van der Waals surface area contributed by atoms with E-state index >= 15 is 0 Å².